The van der Waals surface area contributed by atoms with Crippen molar-refractivity contribution in [3.05, 3.63) is 0 Å². The fraction of sp³-hybridized carbons (Fsp3) is 0.923. The fourth-order valence-electron chi connectivity index (χ4n) is 3.00. The Morgan fingerprint density at radius 2 is 2.06 bits per heavy atom. The molecule has 2 aliphatic rings. The molecule has 5 heteroatoms. The van der Waals surface area contributed by atoms with Gasteiger partial charge in [-0.2, -0.15) is 0 Å². The molecular weight excluding hydrogens is 252 g/mol. The molecule has 2 heterocycles. The molecule has 0 aromatic carbocycles. The maximum Gasteiger partial charge on any atom is 0.254 e. The van der Waals surface area contributed by atoms with Crippen LogP contribution >= 0.6 is 12.4 Å². The third-order valence-electron chi connectivity index (χ3n) is 4.14. The van der Waals surface area contributed by atoms with Crippen molar-refractivity contribution in [2.75, 3.05) is 33.3 Å². The van der Waals surface area contributed by atoms with Crippen molar-refractivity contribution < 1.29 is 9.53 Å². The molecule has 1 amide bonds. The van der Waals surface area contributed by atoms with Gasteiger partial charge in [0.2, 0.25) is 0 Å². The predicted octanol–water partition coefficient (Wildman–Crippen LogP) is 1.44. The number of methoxy groups -OCH3 is 1. The summed E-state index contributed by atoms with van der Waals surface area (Å²) in [5.74, 6) is 0.844. The monoisotopic (exact) mass is 276 g/mol. The molecule has 0 aromatic heterocycles. The highest BCUT2D eigenvalue weighted by Crippen LogP contribution is 2.27. The summed E-state index contributed by atoms with van der Waals surface area (Å²) < 4.78 is 5.60. The van der Waals surface area contributed by atoms with Crippen LogP contribution in [0.2, 0.25) is 0 Å². The molecule has 0 aromatic rings. The number of amides is 1. The quantitative estimate of drug-likeness (QED) is 0.830. The van der Waals surface area contributed by atoms with E-state index in [-0.39, 0.29) is 18.3 Å². The van der Waals surface area contributed by atoms with Gasteiger partial charge in [-0.3, -0.25) is 4.79 Å². The highest BCUT2D eigenvalue weighted by atomic mass is 35.5. The topological polar surface area (TPSA) is 41.6 Å². The van der Waals surface area contributed by atoms with Gasteiger partial charge in [0.1, 0.15) is 5.60 Å². The fourth-order valence-corrected chi connectivity index (χ4v) is 3.00. The first-order valence-corrected chi connectivity index (χ1v) is 6.73. The Labute approximate surface area is 116 Å². The van der Waals surface area contributed by atoms with Crippen LogP contribution in [0.15, 0.2) is 0 Å². The Morgan fingerprint density at radius 1 is 1.39 bits per heavy atom. The molecule has 2 rings (SSSR count). The number of nitrogens with one attached hydrogen (secondary N) is 1. The third kappa shape index (κ3) is 3.16. The van der Waals surface area contributed by atoms with Crippen LogP contribution in [-0.2, 0) is 9.53 Å². The molecular formula is C13H25ClN2O2. The van der Waals surface area contributed by atoms with Crippen molar-refractivity contribution in [3.63, 3.8) is 0 Å². The number of hydrogen-bond acceptors (Lipinski definition) is 3. The van der Waals surface area contributed by atoms with Gasteiger partial charge in [-0.1, -0.05) is 6.92 Å². The molecule has 106 valence electrons. The van der Waals surface area contributed by atoms with Crippen LogP contribution in [0.3, 0.4) is 0 Å². The first-order valence-electron chi connectivity index (χ1n) is 6.73. The minimum Gasteiger partial charge on any atom is -0.368 e. The first kappa shape index (κ1) is 15.7. The molecule has 4 nitrogen and oxygen atoms in total. The SMILES string of the molecule is COC1(C(=O)N2CCCC(C)C2)CCNCC1.Cl. The van der Waals surface area contributed by atoms with E-state index in [1.165, 1.54) is 6.42 Å². The van der Waals surface area contributed by atoms with E-state index in [0.29, 0.717) is 5.92 Å². The van der Waals surface area contributed by atoms with E-state index in [9.17, 15) is 4.79 Å². The number of carbonyl (C=O) groups is 1. The van der Waals surface area contributed by atoms with Crippen molar-refractivity contribution in [2.45, 2.75) is 38.2 Å². The van der Waals surface area contributed by atoms with Gasteiger partial charge >= 0.3 is 0 Å². The zero-order valence-corrected chi connectivity index (χ0v) is 12.2. The summed E-state index contributed by atoms with van der Waals surface area (Å²) in [7, 11) is 1.68. The van der Waals surface area contributed by atoms with Gasteiger partial charge in [-0.25, -0.2) is 0 Å². The molecule has 1 N–H and O–H groups in total. The second-order valence-electron chi connectivity index (χ2n) is 5.45. The molecule has 0 spiro atoms. The van der Waals surface area contributed by atoms with Crippen molar-refractivity contribution in [3.8, 4) is 0 Å². The average Bonchev–Trinajstić information content (AvgIpc) is 2.38. The number of hydrogen-bond donors (Lipinski definition) is 1. The van der Waals surface area contributed by atoms with Crippen LogP contribution in [0, 0.1) is 5.92 Å². The molecule has 1 unspecified atom stereocenters. The van der Waals surface area contributed by atoms with E-state index in [1.54, 1.807) is 7.11 Å². The van der Waals surface area contributed by atoms with E-state index >= 15 is 0 Å². The van der Waals surface area contributed by atoms with Crippen molar-refractivity contribution >= 4 is 18.3 Å². The Hall–Kier alpha value is -0.320. The van der Waals surface area contributed by atoms with Crippen LogP contribution in [-0.4, -0.2) is 49.7 Å². The molecule has 1 atom stereocenters. The zero-order chi connectivity index (χ0) is 12.3. The maximum absolute atomic E-state index is 12.6. The highest BCUT2D eigenvalue weighted by molar-refractivity contribution is 5.86. The Kier molecular flexibility index (Phi) is 5.89. The largest absolute Gasteiger partial charge is 0.368 e. The summed E-state index contributed by atoms with van der Waals surface area (Å²) in [6.45, 7) is 5.78. The molecule has 0 radical (unpaired) electrons. The van der Waals surface area contributed by atoms with Crippen LogP contribution in [0.25, 0.3) is 0 Å². The van der Waals surface area contributed by atoms with E-state index in [0.717, 1.165) is 45.4 Å². The normalized spacial score (nSPS) is 27.4. The van der Waals surface area contributed by atoms with Crippen LogP contribution in [0.5, 0.6) is 0 Å². The number of halogens is 1. The zero-order valence-electron chi connectivity index (χ0n) is 11.4. The maximum atomic E-state index is 12.6. The lowest BCUT2D eigenvalue weighted by Gasteiger charge is -2.41. The number of nitrogens with zero attached hydrogens (tertiary/aromatic N) is 1. The van der Waals surface area contributed by atoms with E-state index in [1.807, 2.05) is 4.90 Å². The lowest BCUT2D eigenvalue weighted by Crippen LogP contribution is -2.56. The molecule has 0 saturated carbocycles. The number of rotatable bonds is 2. The van der Waals surface area contributed by atoms with Crippen LogP contribution in [0.1, 0.15) is 32.6 Å². The minimum absolute atomic E-state index is 0. The standard InChI is InChI=1S/C13H24N2O2.ClH/c1-11-4-3-9-15(10-11)12(16)13(17-2)5-7-14-8-6-13;/h11,14H,3-10H2,1-2H3;1H. The van der Waals surface area contributed by atoms with Gasteiger partial charge < -0.3 is 15.0 Å². The summed E-state index contributed by atoms with van der Waals surface area (Å²) in [6.07, 6.45) is 3.97. The number of piperidine rings is 2. The van der Waals surface area contributed by atoms with Gasteiger partial charge in [0.15, 0.2) is 0 Å². The lowest BCUT2D eigenvalue weighted by atomic mass is 9.89. The van der Waals surface area contributed by atoms with Crippen LogP contribution < -0.4 is 5.32 Å². The van der Waals surface area contributed by atoms with E-state index in [2.05, 4.69) is 12.2 Å². The molecule has 0 aliphatic carbocycles. The van der Waals surface area contributed by atoms with E-state index < -0.39 is 5.60 Å². The summed E-state index contributed by atoms with van der Waals surface area (Å²) >= 11 is 0. The molecule has 2 saturated heterocycles. The average molecular weight is 277 g/mol. The molecule has 0 bridgehead atoms. The highest BCUT2D eigenvalue weighted by Gasteiger charge is 2.42. The lowest BCUT2D eigenvalue weighted by molar-refractivity contribution is -0.160. The minimum atomic E-state index is -0.553. The number of ether oxygens (including phenoxy) is 1. The summed E-state index contributed by atoms with van der Waals surface area (Å²) in [5, 5.41) is 3.29. The van der Waals surface area contributed by atoms with Gasteiger partial charge in [0, 0.05) is 20.2 Å². The van der Waals surface area contributed by atoms with Crippen LogP contribution in [0.4, 0.5) is 0 Å². The summed E-state index contributed by atoms with van der Waals surface area (Å²) in [6, 6.07) is 0. The Morgan fingerprint density at radius 3 is 2.61 bits per heavy atom. The third-order valence-corrected chi connectivity index (χ3v) is 4.14. The van der Waals surface area contributed by atoms with Crippen molar-refractivity contribution in [1.29, 1.82) is 0 Å². The second-order valence-corrected chi connectivity index (χ2v) is 5.45. The van der Waals surface area contributed by atoms with Crippen molar-refractivity contribution in [2.24, 2.45) is 5.92 Å². The second kappa shape index (κ2) is 6.73. The number of likely N-dealkylation sites (tertiary alicyclic amines) is 1. The summed E-state index contributed by atoms with van der Waals surface area (Å²) in [5.41, 5.74) is -0.553. The van der Waals surface area contributed by atoms with Gasteiger partial charge in [0.05, 0.1) is 0 Å². The van der Waals surface area contributed by atoms with Gasteiger partial charge in [-0.05, 0) is 44.7 Å². The van der Waals surface area contributed by atoms with E-state index in [4.69, 9.17) is 4.74 Å². The van der Waals surface area contributed by atoms with Gasteiger partial charge in [0.25, 0.3) is 5.91 Å². The smallest absolute Gasteiger partial charge is 0.254 e. The molecule has 18 heavy (non-hydrogen) atoms. The number of carbonyl (C=O) groups excluding carboxylic acids is 1. The molecule has 2 fully saturated rings. The van der Waals surface area contributed by atoms with Crippen molar-refractivity contribution in [1.82, 2.24) is 10.2 Å². The Bertz CT molecular complexity index is 280. The Balaban J connectivity index is 0.00000162. The summed E-state index contributed by atoms with van der Waals surface area (Å²) in [4.78, 5) is 14.6. The van der Waals surface area contributed by atoms with Gasteiger partial charge in [-0.15, -0.1) is 12.4 Å². The molecule has 2 aliphatic heterocycles. The first-order chi connectivity index (χ1) is 8.18. The predicted molar refractivity (Wildman–Crippen MR) is 74.1 cm³/mol.